The summed E-state index contributed by atoms with van der Waals surface area (Å²) in [6.07, 6.45) is 1.97. The lowest BCUT2D eigenvalue weighted by molar-refractivity contribution is 0.0714. The van der Waals surface area contributed by atoms with Crippen LogP contribution >= 0.6 is 0 Å². The number of nitrogens with zero attached hydrogens (tertiary/aromatic N) is 1. The smallest absolute Gasteiger partial charge is 0.253 e. The average Bonchev–Trinajstić information content (AvgIpc) is 2.88. The highest BCUT2D eigenvalue weighted by atomic mass is 16.5. The van der Waals surface area contributed by atoms with E-state index in [1.54, 1.807) is 49.6 Å². The summed E-state index contributed by atoms with van der Waals surface area (Å²) in [5.74, 6) is 0.850. The van der Waals surface area contributed by atoms with E-state index >= 15 is 0 Å². The summed E-state index contributed by atoms with van der Waals surface area (Å²) in [4.78, 5) is 28.0. The Morgan fingerprint density at radius 2 is 1.64 bits per heavy atom. The van der Waals surface area contributed by atoms with E-state index in [0.717, 1.165) is 25.1 Å². The lowest BCUT2D eigenvalue weighted by Crippen LogP contribution is -2.45. The van der Waals surface area contributed by atoms with Gasteiger partial charge in [-0.1, -0.05) is 30.3 Å². The van der Waals surface area contributed by atoms with Crippen LogP contribution in [0.4, 0.5) is 5.69 Å². The van der Waals surface area contributed by atoms with Crippen molar-refractivity contribution in [1.29, 1.82) is 0 Å². The van der Waals surface area contributed by atoms with Gasteiger partial charge in [-0.3, -0.25) is 9.59 Å². The number of amides is 1. The van der Waals surface area contributed by atoms with Gasteiger partial charge in [-0.05, 0) is 55.3 Å². The van der Waals surface area contributed by atoms with E-state index in [9.17, 15) is 9.59 Å². The molecule has 0 spiro atoms. The third-order valence-electron chi connectivity index (χ3n) is 5.90. The Kier molecular flexibility index (Phi) is 6.93. The van der Waals surface area contributed by atoms with E-state index < -0.39 is 0 Å². The van der Waals surface area contributed by atoms with Gasteiger partial charge in [0.15, 0.2) is 5.78 Å². The maximum Gasteiger partial charge on any atom is 0.253 e. The van der Waals surface area contributed by atoms with Gasteiger partial charge in [-0.2, -0.15) is 0 Å². The van der Waals surface area contributed by atoms with Crippen molar-refractivity contribution in [3.05, 3.63) is 89.5 Å². The molecule has 3 aromatic rings. The zero-order valence-corrected chi connectivity index (χ0v) is 18.9. The average molecular weight is 445 g/mol. The number of likely N-dealkylation sites (tertiary alicyclic amines) is 1. The van der Waals surface area contributed by atoms with Crippen LogP contribution < -0.4 is 14.8 Å². The van der Waals surface area contributed by atoms with Gasteiger partial charge >= 0.3 is 0 Å². The first-order valence-electron chi connectivity index (χ1n) is 11.1. The second kappa shape index (κ2) is 10.2. The summed E-state index contributed by atoms with van der Waals surface area (Å²) in [5.41, 5.74) is 2.54. The fourth-order valence-corrected chi connectivity index (χ4v) is 4.14. The van der Waals surface area contributed by atoms with E-state index in [1.165, 1.54) is 7.11 Å². The molecule has 1 saturated heterocycles. The summed E-state index contributed by atoms with van der Waals surface area (Å²) in [7, 11) is 3.08. The fraction of sp³-hybridized carbons (Fsp3) is 0.259. The molecule has 6 nitrogen and oxygen atoms in total. The second-order valence-electron chi connectivity index (χ2n) is 8.07. The Morgan fingerprint density at radius 1 is 0.909 bits per heavy atom. The highest BCUT2D eigenvalue weighted by Gasteiger charge is 2.25. The molecule has 0 saturated carbocycles. The molecule has 1 aliphatic rings. The molecule has 1 aliphatic heterocycles. The molecular formula is C27H28N2O4. The van der Waals surface area contributed by atoms with Crippen LogP contribution in [0.15, 0.2) is 72.8 Å². The molecular weight excluding hydrogens is 416 g/mol. The summed E-state index contributed by atoms with van der Waals surface area (Å²) >= 11 is 0. The highest BCUT2D eigenvalue weighted by Crippen LogP contribution is 2.27. The van der Waals surface area contributed by atoms with Crippen LogP contribution in [0.5, 0.6) is 11.5 Å². The first-order chi connectivity index (χ1) is 16.1. The van der Waals surface area contributed by atoms with E-state index in [2.05, 4.69) is 5.32 Å². The number of carbonyl (C=O) groups is 2. The van der Waals surface area contributed by atoms with Crippen molar-refractivity contribution in [3.63, 3.8) is 0 Å². The van der Waals surface area contributed by atoms with E-state index in [-0.39, 0.29) is 17.7 Å². The highest BCUT2D eigenvalue weighted by molar-refractivity contribution is 6.11. The Hall–Kier alpha value is -3.80. The van der Waals surface area contributed by atoms with Crippen LogP contribution in [0.3, 0.4) is 0 Å². The van der Waals surface area contributed by atoms with Crippen molar-refractivity contribution in [2.45, 2.75) is 18.9 Å². The number of rotatable bonds is 7. The van der Waals surface area contributed by atoms with Crippen LogP contribution in [0.1, 0.15) is 39.1 Å². The van der Waals surface area contributed by atoms with Crippen molar-refractivity contribution in [2.75, 3.05) is 32.6 Å². The molecule has 3 aromatic carbocycles. The minimum atomic E-state index is -0.185. The van der Waals surface area contributed by atoms with Gasteiger partial charge in [0.2, 0.25) is 0 Å². The second-order valence-corrected chi connectivity index (χ2v) is 8.07. The molecule has 170 valence electrons. The molecule has 0 radical (unpaired) electrons. The molecule has 1 N–H and O–H groups in total. The Morgan fingerprint density at radius 3 is 2.33 bits per heavy atom. The van der Waals surface area contributed by atoms with Crippen molar-refractivity contribution in [3.8, 4) is 11.5 Å². The molecule has 33 heavy (non-hydrogen) atoms. The van der Waals surface area contributed by atoms with Crippen molar-refractivity contribution >= 4 is 17.4 Å². The Labute approximate surface area is 194 Å². The number of hydrogen-bond donors (Lipinski definition) is 1. The Bertz CT molecular complexity index is 1110. The van der Waals surface area contributed by atoms with Gasteiger partial charge in [-0.15, -0.1) is 0 Å². The number of piperidine rings is 1. The molecule has 0 aliphatic carbocycles. The SMILES string of the molecule is COc1ccc(OC)c(C(=O)c2ccc(C(=O)N3CCC[C@H](Nc4ccccc4)C3)cc2)c1. The van der Waals surface area contributed by atoms with Crippen molar-refractivity contribution in [1.82, 2.24) is 4.90 Å². The molecule has 4 rings (SSSR count). The molecule has 1 amide bonds. The van der Waals surface area contributed by atoms with Gasteiger partial charge in [0.1, 0.15) is 11.5 Å². The third-order valence-corrected chi connectivity index (χ3v) is 5.90. The van der Waals surface area contributed by atoms with Gasteiger partial charge in [0, 0.05) is 35.9 Å². The van der Waals surface area contributed by atoms with Crippen LogP contribution in [0.2, 0.25) is 0 Å². The van der Waals surface area contributed by atoms with Crippen LogP contribution in [-0.2, 0) is 0 Å². The van der Waals surface area contributed by atoms with Gasteiger partial charge in [0.05, 0.1) is 19.8 Å². The lowest BCUT2D eigenvalue weighted by atomic mass is 10.00. The summed E-state index contributed by atoms with van der Waals surface area (Å²) in [5, 5.41) is 3.52. The first kappa shape index (κ1) is 22.4. The summed E-state index contributed by atoms with van der Waals surface area (Å²) < 4.78 is 10.6. The third kappa shape index (κ3) is 5.17. The monoisotopic (exact) mass is 444 g/mol. The van der Waals surface area contributed by atoms with E-state index in [1.807, 2.05) is 35.2 Å². The minimum absolute atomic E-state index is 0.0208. The predicted octanol–water partition coefficient (Wildman–Crippen LogP) is 4.65. The fourth-order valence-electron chi connectivity index (χ4n) is 4.14. The van der Waals surface area contributed by atoms with Crippen LogP contribution in [0.25, 0.3) is 0 Å². The van der Waals surface area contributed by atoms with Gasteiger partial charge in [-0.25, -0.2) is 0 Å². The number of para-hydroxylation sites is 1. The molecule has 0 bridgehead atoms. The van der Waals surface area contributed by atoms with Gasteiger partial charge < -0.3 is 19.7 Å². The van der Waals surface area contributed by atoms with E-state index in [0.29, 0.717) is 34.7 Å². The molecule has 1 atom stereocenters. The number of anilines is 1. The first-order valence-corrected chi connectivity index (χ1v) is 11.1. The Balaban J connectivity index is 1.45. The number of hydrogen-bond acceptors (Lipinski definition) is 5. The molecule has 6 heteroatoms. The van der Waals surface area contributed by atoms with Crippen molar-refractivity contribution in [2.24, 2.45) is 0 Å². The molecule has 1 heterocycles. The normalized spacial score (nSPS) is 15.6. The lowest BCUT2D eigenvalue weighted by Gasteiger charge is -2.33. The van der Waals surface area contributed by atoms with Gasteiger partial charge in [0.25, 0.3) is 5.91 Å². The number of carbonyl (C=O) groups excluding carboxylic acids is 2. The standard InChI is InChI=1S/C27H28N2O4/c1-32-23-14-15-25(33-2)24(17-23)26(30)19-10-12-20(13-11-19)27(31)29-16-6-9-22(18-29)28-21-7-4-3-5-8-21/h3-5,7-8,10-15,17,22,28H,6,9,16,18H2,1-2H3/t22-/m0/s1. The summed E-state index contributed by atoms with van der Waals surface area (Å²) in [6, 6.07) is 22.2. The maximum atomic E-state index is 13.1. The number of ketones is 1. The topological polar surface area (TPSA) is 67.9 Å². The molecule has 1 fully saturated rings. The minimum Gasteiger partial charge on any atom is -0.497 e. The summed E-state index contributed by atoms with van der Waals surface area (Å²) in [6.45, 7) is 1.38. The molecule has 0 aromatic heterocycles. The number of ether oxygens (including phenoxy) is 2. The quantitative estimate of drug-likeness (QED) is 0.537. The zero-order chi connectivity index (χ0) is 23.2. The molecule has 0 unspecified atom stereocenters. The van der Waals surface area contributed by atoms with Crippen LogP contribution in [-0.4, -0.2) is 49.9 Å². The largest absolute Gasteiger partial charge is 0.497 e. The predicted molar refractivity (Wildman–Crippen MR) is 128 cm³/mol. The van der Waals surface area contributed by atoms with Crippen LogP contribution in [0, 0.1) is 0 Å². The number of nitrogens with one attached hydrogen (secondary N) is 1. The van der Waals surface area contributed by atoms with Crippen molar-refractivity contribution < 1.29 is 19.1 Å². The maximum absolute atomic E-state index is 13.1. The number of benzene rings is 3. The van der Waals surface area contributed by atoms with E-state index in [4.69, 9.17) is 9.47 Å². The zero-order valence-electron chi connectivity index (χ0n) is 18.9. The number of methoxy groups -OCH3 is 2.